The molecule has 5 heteroatoms. The number of pyridine rings is 2. The van der Waals surface area contributed by atoms with Gasteiger partial charge in [0, 0.05) is 48.7 Å². The Morgan fingerprint density at radius 3 is 2.71 bits per heavy atom. The van der Waals surface area contributed by atoms with E-state index < -0.39 is 0 Å². The molecular weight excluding hydrogens is 384 g/mol. The van der Waals surface area contributed by atoms with Gasteiger partial charge in [0.15, 0.2) is 0 Å². The molecule has 1 N–H and O–H groups in total. The molecule has 1 aliphatic rings. The highest BCUT2D eigenvalue weighted by Gasteiger charge is 2.23. The Bertz CT molecular complexity index is 1190. The lowest BCUT2D eigenvalue weighted by atomic mass is 10.0. The van der Waals surface area contributed by atoms with E-state index in [0.717, 1.165) is 41.7 Å². The van der Waals surface area contributed by atoms with E-state index >= 15 is 0 Å². The third-order valence-electron chi connectivity index (χ3n) is 5.88. The fourth-order valence-corrected chi connectivity index (χ4v) is 4.23. The first-order valence-corrected chi connectivity index (χ1v) is 10.7. The molecule has 154 valence electrons. The van der Waals surface area contributed by atoms with E-state index in [4.69, 9.17) is 4.98 Å². The number of para-hydroxylation sites is 2. The lowest BCUT2D eigenvalue weighted by molar-refractivity contribution is 0.0950. The van der Waals surface area contributed by atoms with Gasteiger partial charge >= 0.3 is 0 Å². The third-order valence-corrected chi connectivity index (χ3v) is 5.88. The Hall–Kier alpha value is -3.73. The molecule has 1 saturated heterocycles. The fraction of sp³-hybridized carbons (Fsp3) is 0.192. The van der Waals surface area contributed by atoms with Gasteiger partial charge in [-0.15, -0.1) is 0 Å². The van der Waals surface area contributed by atoms with Crippen molar-refractivity contribution in [1.82, 2.24) is 15.3 Å². The topological polar surface area (TPSA) is 58.1 Å². The zero-order valence-corrected chi connectivity index (χ0v) is 17.2. The van der Waals surface area contributed by atoms with Crippen LogP contribution in [0, 0.1) is 5.92 Å². The smallest absolute Gasteiger partial charge is 0.252 e. The summed E-state index contributed by atoms with van der Waals surface area (Å²) in [6, 6.07) is 24.0. The molecule has 5 nitrogen and oxygen atoms in total. The van der Waals surface area contributed by atoms with Gasteiger partial charge in [-0.1, -0.05) is 36.4 Å². The first-order chi connectivity index (χ1) is 15.3. The number of hydrogen-bond donors (Lipinski definition) is 1. The van der Waals surface area contributed by atoms with Crippen LogP contribution in [-0.4, -0.2) is 35.5 Å². The fourth-order valence-electron chi connectivity index (χ4n) is 4.23. The number of carbonyl (C=O) groups excluding carboxylic acids is 1. The number of hydrogen-bond acceptors (Lipinski definition) is 4. The Morgan fingerprint density at radius 1 is 1.03 bits per heavy atom. The van der Waals surface area contributed by atoms with Gasteiger partial charge in [0.25, 0.3) is 5.91 Å². The summed E-state index contributed by atoms with van der Waals surface area (Å²) in [7, 11) is 0. The number of carbonyl (C=O) groups is 1. The molecule has 1 aliphatic heterocycles. The highest BCUT2D eigenvalue weighted by atomic mass is 16.1. The second kappa shape index (κ2) is 8.56. The molecule has 1 atom stereocenters. The summed E-state index contributed by atoms with van der Waals surface area (Å²) in [5.41, 5.74) is 4.37. The minimum Gasteiger partial charge on any atom is -0.371 e. The molecule has 3 heterocycles. The van der Waals surface area contributed by atoms with Crippen LogP contribution in [0.5, 0.6) is 0 Å². The van der Waals surface area contributed by atoms with Crippen LogP contribution < -0.4 is 10.2 Å². The van der Waals surface area contributed by atoms with E-state index in [2.05, 4.69) is 39.5 Å². The van der Waals surface area contributed by atoms with Crippen LogP contribution in [0.15, 0.2) is 85.2 Å². The van der Waals surface area contributed by atoms with Crippen LogP contribution in [0.3, 0.4) is 0 Å². The summed E-state index contributed by atoms with van der Waals surface area (Å²) in [6.45, 7) is 2.65. The maximum Gasteiger partial charge on any atom is 0.252 e. The quantitative estimate of drug-likeness (QED) is 0.526. The molecule has 1 unspecified atom stereocenters. The number of anilines is 1. The van der Waals surface area contributed by atoms with E-state index in [1.165, 1.54) is 5.69 Å². The van der Waals surface area contributed by atoms with Gasteiger partial charge < -0.3 is 10.2 Å². The predicted octanol–water partition coefficient (Wildman–Crippen LogP) is 4.55. The number of nitrogens with one attached hydrogen (secondary N) is 1. The van der Waals surface area contributed by atoms with Crippen LogP contribution in [0.2, 0.25) is 0 Å². The highest BCUT2D eigenvalue weighted by Crippen LogP contribution is 2.25. The Balaban J connectivity index is 1.34. The van der Waals surface area contributed by atoms with Crippen molar-refractivity contribution < 1.29 is 4.79 Å². The zero-order valence-electron chi connectivity index (χ0n) is 17.2. The van der Waals surface area contributed by atoms with E-state index in [1.54, 1.807) is 12.4 Å². The molecule has 2 aromatic carbocycles. The SMILES string of the molecule is O=C(NCC1CCN(c2ccccc2)C1)c1cc(-c2cccnc2)nc2ccccc12. The van der Waals surface area contributed by atoms with Crippen LogP contribution in [0.1, 0.15) is 16.8 Å². The number of benzene rings is 2. The molecule has 0 bridgehead atoms. The summed E-state index contributed by atoms with van der Waals surface area (Å²) >= 11 is 0. The molecule has 5 rings (SSSR count). The Kier molecular flexibility index (Phi) is 5.31. The van der Waals surface area contributed by atoms with Gasteiger partial charge in [-0.2, -0.15) is 0 Å². The summed E-state index contributed by atoms with van der Waals surface area (Å²) in [4.78, 5) is 24.5. The maximum atomic E-state index is 13.2. The van der Waals surface area contributed by atoms with Crippen LogP contribution >= 0.6 is 0 Å². The molecule has 0 saturated carbocycles. The lowest BCUT2D eigenvalue weighted by Gasteiger charge is -2.19. The molecule has 0 radical (unpaired) electrons. The monoisotopic (exact) mass is 408 g/mol. The molecular formula is C26H24N4O. The number of aromatic nitrogens is 2. The van der Waals surface area contributed by atoms with Gasteiger partial charge in [-0.05, 0) is 48.7 Å². The van der Waals surface area contributed by atoms with Crippen LogP contribution in [0.4, 0.5) is 5.69 Å². The van der Waals surface area contributed by atoms with Crippen molar-refractivity contribution in [2.24, 2.45) is 5.92 Å². The van der Waals surface area contributed by atoms with E-state index in [9.17, 15) is 4.79 Å². The van der Waals surface area contributed by atoms with Crippen molar-refractivity contribution in [3.05, 3.63) is 90.8 Å². The van der Waals surface area contributed by atoms with Crippen molar-refractivity contribution in [3.63, 3.8) is 0 Å². The normalized spacial score (nSPS) is 15.9. The van der Waals surface area contributed by atoms with Gasteiger partial charge in [-0.25, -0.2) is 4.98 Å². The Morgan fingerprint density at radius 2 is 1.87 bits per heavy atom. The van der Waals surface area contributed by atoms with Gasteiger partial charge in [-0.3, -0.25) is 9.78 Å². The standard InChI is InChI=1S/C26H24N4O/c31-26(28-16-19-12-14-30(18-19)21-8-2-1-3-9-21)23-15-25(20-7-6-13-27-17-20)29-24-11-5-4-10-22(23)24/h1-11,13,15,17,19H,12,14,16,18H2,(H,28,31). The van der Waals surface area contributed by atoms with Crippen molar-refractivity contribution >= 4 is 22.5 Å². The summed E-state index contributed by atoms with van der Waals surface area (Å²) in [5, 5.41) is 4.04. The first-order valence-electron chi connectivity index (χ1n) is 10.7. The van der Waals surface area contributed by atoms with Gasteiger partial charge in [0.2, 0.25) is 0 Å². The van der Waals surface area contributed by atoms with Crippen LogP contribution in [0.25, 0.3) is 22.2 Å². The third kappa shape index (κ3) is 4.12. The first kappa shape index (κ1) is 19.2. The second-order valence-corrected chi connectivity index (χ2v) is 7.96. The molecule has 0 aliphatic carbocycles. The predicted molar refractivity (Wildman–Crippen MR) is 124 cm³/mol. The lowest BCUT2D eigenvalue weighted by Crippen LogP contribution is -2.31. The molecule has 2 aromatic heterocycles. The van der Waals surface area contributed by atoms with E-state index in [0.29, 0.717) is 18.0 Å². The summed E-state index contributed by atoms with van der Waals surface area (Å²) < 4.78 is 0. The number of fused-ring (bicyclic) bond motifs is 1. The highest BCUT2D eigenvalue weighted by molar-refractivity contribution is 6.07. The molecule has 4 aromatic rings. The second-order valence-electron chi connectivity index (χ2n) is 7.96. The largest absolute Gasteiger partial charge is 0.371 e. The van der Waals surface area contributed by atoms with Crippen LogP contribution in [-0.2, 0) is 0 Å². The summed E-state index contributed by atoms with van der Waals surface area (Å²) in [6.07, 6.45) is 4.58. The summed E-state index contributed by atoms with van der Waals surface area (Å²) in [5.74, 6) is 0.386. The number of rotatable bonds is 5. The zero-order chi connectivity index (χ0) is 21.0. The number of nitrogens with zero attached hydrogens (tertiary/aromatic N) is 3. The van der Waals surface area contributed by atoms with Crippen molar-refractivity contribution in [1.29, 1.82) is 0 Å². The Labute approximate surface area is 181 Å². The van der Waals surface area contributed by atoms with Crippen molar-refractivity contribution in [2.75, 3.05) is 24.5 Å². The molecule has 1 amide bonds. The minimum absolute atomic E-state index is 0.0538. The minimum atomic E-state index is -0.0538. The maximum absolute atomic E-state index is 13.2. The van der Waals surface area contributed by atoms with E-state index in [1.807, 2.05) is 48.5 Å². The average Bonchev–Trinajstić information content (AvgIpc) is 3.32. The van der Waals surface area contributed by atoms with Crippen molar-refractivity contribution in [3.8, 4) is 11.3 Å². The molecule has 1 fully saturated rings. The van der Waals surface area contributed by atoms with E-state index in [-0.39, 0.29) is 5.91 Å². The molecule has 31 heavy (non-hydrogen) atoms. The van der Waals surface area contributed by atoms with Gasteiger partial charge in [0.1, 0.15) is 0 Å². The van der Waals surface area contributed by atoms with Crippen molar-refractivity contribution in [2.45, 2.75) is 6.42 Å². The number of amides is 1. The molecule has 0 spiro atoms. The van der Waals surface area contributed by atoms with Gasteiger partial charge in [0.05, 0.1) is 16.8 Å². The average molecular weight is 409 g/mol.